The standard InChI is InChI=1S/C20H28N2O3/c1-2-24-20(23)18-13-19(25-15-17-11-7-4-8-12-17)22(21-18)14-16-9-5-3-6-10-16/h4,7-8,11-13,16,20,23H,2-3,5-6,9-10,14-15H2,1H3. The van der Waals surface area contributed by atoms with E-state index in [1.807, 2.05) is 41.9 Å². The summed E-state index contributed by atoms with van der Waals surface area (Å²) in [7, 11) is 0. The van der Waals surface area contributed by atoms with Gasteiger partial charge in [0.05, 0.1) is 0 Å². The molecule has 2 aromatic rings. The number of benzene rings is 1. The first-order valence-electron chi connectivity index (χ1n) is 9.30. The van der Waals surface area contributed by atoms with Crippen LogP contribution in [0.15, 0.2) is 36.4 Å². The molecule has 1 fully saturated rings. The van der Waals surface area contributed by atoms with Gasteiger partial charge < -0.3 is 14.6 Å². The topological polar surface area (TPSA) is 56.5 Å². The number of hydrogen-bond acceptors (Lipinski definition) is 4. The lowest BCUT2D eigenvalue weighted by Crippen LogP contribution is -2.16. The Bertz CT molecular complexity index is 636. The zero-order chi connectivity index (χ0) is 17.5. The van der Waals surface area contributed by atoms with E-state index in [-0.39, 0.29) is 0 Å². The summed E-state index contributed by atoms with van der Waals surface area (Å²) in [6.07, 6.45) is 5.39. The normalized spacial score (nSPS) is 16.7. The number of ether oxygens (including phenoxy) is 2. The van der Waals surface area contributed by atoms with Crippen molar-refractivity contribution in [2.24, 2.45) is 5.92 Å². The summed E-state index contributed by atoms with van der Waals surface area (Å²) in [5, 5.41) is 14.6. The zero-order valence-corrected chi connectivity index (χ0v) is 14.9. The molecule has 1 aromatic heterocycles. The third-order valence-electron chi connectivity index (χ3n) is 4.72. The van der Waals surface area contributed by atoms with Gasteiger partial charge in [0.25, 0.3) is 0 Å². The Labute approximate surface area is 149 Å². The smallest absolute Gasteiger partial charge is 0.212 e. The predicted octanol–water partition coefficient (Wildman–Crippen LogP) is 4.07. The number of aromatic nitrogens is 2. The highest BCUT2D eigenvalue weighted by atomic mass is 16.6. The van der Waals surface area contributed by atoms with Crippen molar-refractivity contribution in [3.05, 3.63) is 47.7 Å². The predicted molar refractivity (Wildman–Crippen MR) is 96.2 cm³/mol. The lowest BCUT2D eigenvalue weighted by molar-refractivity contribution is -0.101. The van der Waals surface area contributed by atoms with Gasteiger partial charge in [-0.25, -0.2) is 4.68 Å². The Hall–Kier alpha value is -1.85. The second kappa shape index (κ2) is 9.02. The van der Waals surface area contributed by atoms with Crippen LogP contribution in [-0.2, 0) is 17.9 Å². The molecule has 0 saturated heterocycles. The van der Waals surface area contributed by atoms with Gasteiger partial charge in [-0.2, -0.15) is 5.10 Å². The molecule has 0 radical (unpaired) electrons. The van der Waals surface area contributed by atoms with Crippen molar-refractivity contribution in [2.75, 3.05) is 6.61 Å². The van der Waals surface area contributed by atoms with Crippen LogP contribution in [0.1, 0.15) is 56.6 Å². The van der Waals surface area contributed by atoms with Gasteiger partial charge in [-0.05, 0) is 31.2 Å². The van der Waals surface area contributed by atoms with E-state index in [0.717, 1.165) is 12.1 Å². The summed E-state index contributed by atoms with van der Waals surface area (Å²) < 4.78 is 13.2. The van der Waals surface area contributed by atoms with Gasteiger partial charge in [-0.15, -0.1) is 0 Å². The van der Waals surface area contributed by atoms with E-state index in [9.17, 15) is 5.11 Å². The van der Waals surface area contributed by atoms with Gasteiger partial charge in [0.15, 0.2) is 0 Å². The summed E-state index contributed by atoms with van der Waals surface area (Å²) in [5.41, 5.74) is 1.63. The van der Waals surface area contributed by atoms with Gasteiger partial charge >= 0.3 is 0 Å². The lowest BCUT2D eigenvalue weighted by Gasteiger charge is -2.22. The number of rotatable bonds is 8. The SMILES string of the molecule is CCOC(O)c1cc(OCc2ccccc2)n(CC2CCCCC2)n1. The van der Waals surface area contributed by atoms with E-state index in [1.165, 1.54) is 32.1 Å². The third-order valence-corrected chi connectivity index (χ3v) is 4.72. The molecule has 1 heterocycles. The summed E-state index contributed by atoms with van der Waals surface area (Å²) >= 11 is 0. The molecule has 1 aliphatic rings. The Morgan fingerprint density at radius 1 is 1.20 bits per heavy atom. The first-order chi connectivity index (χ1) is 12.3. The van der Waals surface area contributed by atoms with Gasteiger partial charge in [-0.3, -0.25) is 0 Å². The molecule has 136 valence electrons. The van der Waals surface area contributed by atoms with Crippen molar-refractivity contribution >= 4 is 0 Å². The second-order valence-corrected chi connectivity index (χ2v) is 6.68. The minimum atomic E-state index is -1.00. The molecule has 0 amide bonds. The minimum Gasteiger partial charge on any atom is -0.473 e. The van der Waals surface area contributed by atoms with Gasteiger partial charge in [0.1, 0.15) is 12.3 Å². The van der Waals surface area contributed by atoms with E-state index in [2.05, 4.69) is 5.10 Å². The molecule has 1 saturated carbocycles. The summed E-state index contributed by atoms with van der Waals surface area (Å²) in [6.45, 7) is 3.62. The monoisotopic (exact) mass is 344 g/mol. The summed E-state index contributed by atoms with van der Waals surface area (Å²) in [4.78, 5) is 0. The van der Waals surface area contributed by atoms with Crippen LogP contribution in [0.4, 0.5) is 0 Å². The molecule has 0 bridgehead atoms. The van der Waals surface area contributed by atoms with Gasteiger partial charge in [0, 0.05) is 19.2 Å². The molecule has 5 heteroatoms. The van der Waals surface area contributed by atoms with Crippen LogP contribution in [0.3, 0.4) is 0 Å². The maximum Gasteiger partial charge on any atom is 0.212 e. The number of hydrogen-bond donors (Lipinski definition) is 1. The Morgan fingerprint density at radius 2 is 1.96 bits per heavy atom. The maximum absolute atomic E-state index is 10.1. The van der Waals surface area contributed by atoms with Crippen LogP contribution in [0.5, 0.6) is 5.88 Å². The molecule has 1 aliphatic carbocycles. The Morgan fingerprint density at radius 3 is 2.68 bits per heavy atom. The highest BCUT2D eigenvalue weighted by Crippen LogP contribution is 2.28. The molecule has 1 N–H and O–H groups in total. The molecule has 0 spiro atoms. The average Bonchev–Trinajstić information content (AvgIpc) is 3.05. The summed E-state index contributed by atoms with van der Waals surface area (Å²) in [5.74, 6) is 1.33. The van der Waals surface area contributed by atoms with Crippen LogP contribution >= 0.6 is 0 Å². The second-order valence-electron chi connectivity index (χ2n) is 6.68. The summed E-state index contributed by atoms with van der Waals surface area (Å²) in [6, 6.07) is 11.9. The van der Waals surface area contributed by atoms with Crippen molar-refractivity contribution < 1.29 is 14.6 Å². The fourth-order valence-electron chi connectivity index (χ4n) is 3.38. The number of nitrogens with zero attached hydrogens (tertiary/aromatic N) is 2. The van der Waals surface area contributed by atoms with Crippen molar-refractivity contribution in [3.8, 4) is 5.88 Å². The average molecular weight is 344 g/mol. The van der Waals surface area contributed by atoms with E-state index >= 15 is 0 Å². The number of aliphatic hydroxyl groups is 1. The highest BCUT2D eigenvalue weighted by Gasteiger charge is 2.20. The largest absolute Gasteiger partial charge is 0.473 e. The molecule has 1 unspecified atom stereocenters. The fourth-order valence-corrected chi connectivity index (χ4v) is 3.38. The highest BCUT2D eigenvalue weighted by molar-refractivity contribution is 5.19. The van der Waals surface area contributed by atoms with E-state index in [1.54, 1.807) is 6.07 Å². The quantitative estimate of drug-likeness (QED) is 0.734. The lowest BCUT2D eigenvalue weighted by atomic mass is 9.89. The third kappa shape index (κ3) is 5.06. The molecular weight excluding hydrogens is 316 g/mol. The first-order valence-corrected chi connectivity index (χ1v) is 9.30. The molecular formula is C20H28N2O3. The van der Waals surface area contributed by atoms with Crippen molar-refractivity contribution in [1.29, 1.82) is 0 Å². The Kier molecular flexibility index (Phi) is 6.48. The first kappa shape index (κ1) is 18.0. The minimum absolute atomic E-state index is 0.441. The van der Waals surface area contributed by atoms with E-state index in [0.29, 0.717) is 30.7 Å². The van der Waals surface area contributed by atoms with Crippen molar-refractivity contribution in [2.45, 2.75) is 58.5 Å². The fraction of sp³-hybridized carbons (Fsp3) is 0.550. The number of aliphatic hydroxyl groups excluding tert-OH is 1. The molecule has 1 atom stereocenters. The maximum atomic E-state index is 10.1. The zero-order valence-electron chi connectivity index (χ0n) is 14.9. The van der Waals surface area contributed by atoms with Gasteiger partial charge in [-0.1, -0.05) is 49.6 Å². The van der Waals surface area contributed by atoms with Crippen LogP contribution in [0.2, 0.25) is 0 Å². The molecule has 3 rings (SSSR count). The Balaban J connectivity index is 1.72. The van der Waals surface area contributed by atoms with Crippen LogP contribution < -0.4 is 4.74 Å². The molecule has 1 aromatic carbocycles. The molecule has 5 nitrogen and oxygen atoms in total. The van der Waals surface area contributed by atoms with E-state index < -0.39 is 6.29 Å². The van der Waals surface area contributed by atoms with Crippen LogP contribution in [-0.4, -0.2) is 21.5 Å². The molecule has 0 aliphatic heterocycles. The van der Waals surface area contributed by atoms with Gasteiger partial charge in [0.2, 0.25) is 12.2 Å². The van der Waals surface area contributed by atoms with Crippen molar-refractivity contribution in [3.63, 3.8) is 0 Å². The van der Waals surface area contributed by atoms with Crippen LogP contribution in [0.25, 0.3) is 0 Å². The van der Waals surface area contributed by atoms with E-state index in [4.69, 9.17) is 9.47 Å². The molecule has 25 heavy (non-hydrogen) atoms. The van der Waals surface area contributed by atoms with Crippen LogP contribution in [0, 0.1) is 5.92 Å². The van der Waals surface area contributed by atoms with Crippen molar-refractivity contribution in [1.82, 2.24) is 9.78 Å².